The number of aromatic amines is 1. The quantitative estimate of drug-likeness (QED) is 0.790. The maximum atomic E-state index is 4.42. The van der Waals surface area contributed by atoms with E-state index in [1.165, 1.54) is 32.1 Å². The average Bonchev–Trinajstić information content (AvgIpc) is 2.99. The lowest BCUT2D eigenvalue weighted by Crippen LogP contribution is -2.46. The number of H-pyrrole nitrogens is 1. The summed E-state index contributed by atoms with van der Waals surface area (Å²) in [5, 5.41) is 3.75. The molecule has 1 saturated carbocycles. The van der Waals surface area contributed by atoms with Gasteiger partial charge in [0.1, 0.15) is 5.82 Å². The number of hydrogen-bond donors (Lipinski definition) is 2. The summed E-state index contributed by atoms with van der Waals surface area (Å²) in [5.41, 5.74) is 0.483. The minimum absolute atomic E-state index is 0.483. The Balaban J connectivity index is 2.13. The van der Waals surface area contributed by atoms with Crippen LogP contribution >= 0.6 is 0 Å². The summed E-state index contributed by atoms with van der Waals surface area (Å²) in [5.74, 6) is 1.90. The summed E-state index contributed by atoms with van der Waals surface area (Å²) in [7, 11) is 0. The third-order valence-electron chi connectivity index (χ3n) is 4.56. The highest BCUT2D eigenvalue weighted by molar-refractivity contribution is 5.01. The Morgan fingerprint density at radius 2 is 2.11 bits per heavy atom. The van der Waals surface area contributed by atoms with E-state index in [0.29, 0.717) is 11.5 Å². The van der Waals surface area contributed by atoms with Gasteiger partial charge in [0.15, 0.2) is 0 Å². The fourth-order valence-corrected chi connectivity index (χ4v) is 3.94. The first-order valence-corrected chi connectivity index (χ1v) is 7.88. The highest BCUT2D eigenvalue weighted by atomic mass is 15.0. The highest BCUT2D eigenvalue weighted by Crippen LogP contribution is 2.46. The normalized spacial score (nSPS) is 20.0. The molecular formula is C16H29N3. The van der Waals surface area contributed by atoms with Gasteiger partial charge in [-0.15, -0.1) is 0 Å². The molecule has 0 bridgehead atoms. The van der Waals surface area contributed by atoms with Gasteiger partial charge in [-0.2, -0.15) is 0 Å². The van der Waals surface area contributed by atoms with Crippen LogP contribution < -0.4 is 5.32 Å². The zero-order valence-electron chi connectivity index (χ0n) is 12.7. The Hall–Kier alpha value is -0.830. The number of hydrogen-bond acceptors (Lipinski definition) is 2. The molecule has 2 N–H and O–H groups in total. The van der Waals surface area contributed by atoms with E-state index in [0.717, 1.165) is 24.7 Å². The van der Waals surface area contributed by atoms with Gasteiger partial charge in [-0.05, 0) is 37.1 Å². The number of nitrogens with zero attached hydrogens (tertiary/aromatic N) is 1. The third kappa shape index (κ3) is 3.59. The van der Waals surface area contributed by atoms with Crippen LogP contribution in [0.15, 0.2) is 12.4 Å². The number of nitrogens with one attached hydrogen (secondary N) is 2. The van der Waals surface area contributed by atoms with Gasteiger partial charge in [-0.25, -0.2) is 4.98 Å². The van der Waals surface area contributed by atoms with Crippen molar-refractivity contribution in [2.24, 2.45) is 11.3 Å². The summed E-state index contributed by atoms with van der Waals surface area (Å²) in [6.07, 6.45) is 11.7. The molecule has 0 aromatic carbocycles. The van der Waals surface area contributed by atoms with Crippen LogP contribution in [0.3, 0.4) is 0 Å². The van der Waals surface area contributed by atoms with Gasteiger partial charge in [-0.1, -0.05) is 33.6 Å². The van der Waals surface area contributed by atoms with Crippen molar-refractivity contribution in [2.45, 2.75) is 65.3 Å². The maximum absolute atomic E-state index is 4.42. The predicted molar refractivity (Wildman–Crippen MR) is 80.1 cm³/mol. The molecule has 1 heterocycles. The molecule has 1 aliphatic carbocycles. The van der Waals surface area contributed by atoms with Gasteiger partial charge in [0.05, 0.1) is 0 Å². The SMILES string of the molecule is CCNC(Cc1ncc[nH]1)C1(CC(C)C)CCCC1. The molecule has 0 radical (unpaired) electrons. The summed E-state index contributed by atoms with van der Waals surface area (Å²) < 4.78 is 0. The molecule has 0 aliphatic heterocycles. The van der Waals surface area contributed by atoms with Crippen LogP contribution in [0, 0.1) is 11.3 Å². The van der Waals surface area contributed by atoms with E-state index in [9.17, 15) is 0 Å². The lowest BCUT2D eigenvalue weighted by Gasteiger charge is -2.39. The zero-order chi connectivity index (χ0) is 13.7. The lowest BCUT2D eigenvalue weighted by molar-refractivity contribution is 0.154. The minimum Gasteiger partial charge on any atom is -0.349 e. The largest absolute Gasteiger partial charge is 0.349 e. The van der Waals surface area contributed by atoms with Crippen molar-refractivity contribution in [3.8, 4) is 0 Å². The van der Waals surface area contributed by atoms with E-state index in [-0.39, 0.29) is 0 Å². The van der Waals surface area contributed by atoms with Gasteiger partial charge >= 0.3 is 0 Å². The molecule has 0 spiro atoms. The topological polar surface area (TPSA) is 40.7 Å². The average molecular weight is 263 g/mol. The molecule has 1 fully saturated rings. The second-order valence-electron chi connectivity index (χ2n) is 6.52. The van der Waals surface area contributed by atoms with Crippen LogP contribution in [0.1, 0.15) is 58.7 Å². The van der Waals surface area contributed by atoms with Crippen molar-refractivity contribution in [2.75, 3.05) is 6.54 Å². The molecule has 3 heteroatoms. The first-order chi connectivity index (χ1) is 9.16. The van der Waals surface area contributed by atoms with Crippen LogP contribution in [-0.4, -0.2) is 22.6 Å². The van der Waals surface area contributed by atoms with E-state index < -0.39 is 0 Å². The van der Waals surface area contributed by atoms with Crippen LogP contribution in [0.4, 0.5) is 0 Å². The molecule has 1 aromatic rings. The molecule has 108 valence electrons. The summed E-state index contributed by atoms with van der Waals surface area (Å²) in [4.78, 5) is 7.69. The molecule has 0 saturated heterocycles. The van der Waals surface area contributed by atoms with E-state index in [1.54, 1.807) is 0 Å². The fourth-order valence-electron chi connectivity index (χ4n) is 3.94. The number of imidazole rings is 1. The van der Waals surface area contributed by atoms with Crippen LogP contribution in [0.5, 0.6) is 0 Å². The maximum Gasteiger partial charge on any atom is 0.107 e. The second kappa shape index (κ2) is 6.56. The van der Waals surface area contributed by atoms with Gasteiger partial charge in [0.2, 0.25) is 0 Å². The van der Waals surface area contributed by atoms with Gasteiger partial charge in [0, 0.05) is 24.9 Å². The van der Waals surface area contributed by atoms with Crippen molar-refractivity contribution in [1.29, 1.82) is 0 Å². The molecule has 1 aliphatic rings. The molecule has 1 atom stereocenters. The zero-order valence-corrected chi connectivity index (χ0v) is 12.7. The number of rotatable bonds is 7. The Kier molecular flexibility index (Phi) is 5.03. The molecule has 1 aromatic heterocycles. The van der Waals surface area contributed by atoms with Gasteiger partial charge < -0.3 is 10.3 Å². The number of aromatic nitrogens is 2. The summed E-state index contributed by atoms with van der Waals surface area (Å²) in [6, 6.07) is 0.563. The Morgan fingerprint density at radius 1 is 1.37 bits per heavy atom. The predicted octanol–water partition coefficient (Wildman–Crippen LogP) is 3.54. The van der Waals surface area contributed by atoms with E-state index in [4.69, 9.17) is 0 Å². The smallest absolute Gasteiger partial charge is 0.107 e. The van der Waals surface area contributed by atoms with Crippen molar-refractivity contribution in [3.05, 3.63) is 18.2 Å². The van der Waals surface area contributed by atoms with Crippen molar-refractivity contribution < 1.29 is 0 Å². The summed E-state index contributed by atoms with van der Waals surface area (Å²) in [6.45, 7) is 7.98. The first-order valence-electron chi connectivity index (χ1n) is 7.88. The Morgan fingerprint density at radius 3 is 2.63 bits per heavy atom. The van der Waals surface area contributed by atoms with E-state index in [2.05, 4.69) is 36.1 Å². The van der Waals surface area contributed by atoms with Gasteiger partial charge in [-0.3, -0.25) is 0 Å². The second-order valence-corrected chi connectivity index (χ2v) is 6.52. The molecule has 19 heavy (non-hydrogen) atoms. The molecular weight excluding hydrogens is 234 g/mol. The molecule has 3 nitrogen and oxygen atoms in total. The molecule has 0 amide bonds. The van der Waals surface area contributed by atoms with Crippen molar-refractivity contribution in [1.82, 2.24) is 15.3 Å². The molecule has 2 rings (SSSR count). The Labute approximate surface area is 117 Å². The number of likely N-dealkylation sites (N-methyl/N-ethyl adjacent to an activating group) is 1. The Bertz CT molecular complexity index is 350. The van der Waals surface area contributed by atoms with Crippen molar-refractivity contribution in [3.63, 3.8) is 0 Å². The molecule has 1 unspecified atom stereocenters. The van der Waals surface area contributed by atoms with E-state index >= 15 is 0 Å². The van der Waals surface area contributed by atoms with Crippen molar-refractivity contribution >= 4 is 0 Å². The standard InChI is InChI=1S/C16H29N3/c1-4-17-14(11-15-18-9-10-19-15)16(12-13(2)3)7-5-6-8-16/h9-10,13-14,17H,4-8,11-12H2,1-3H3,(H,18,19). The van der Waals surface area contributed by atoms with E-state index in [1.807, 2.05) is 12.4 Å². The first kappa shape index (κ1) is 14.6. The highest BCUT2D eigenvalue weighted by Gasteiger charge is 2.41. The lowest BCUT2D eigenvalue weighted by atomic mass is 9.71. The van der Waals surface area contributed by atoms with Crippen LogP contribution in [0.2, 0.25) is 0 Å². The third-order valence-corrected chi connectivity index (χ3v) is 4.56. The summed E-state index contributed by atoms with van der Waals surface area (Å²) >= 11 is 0. The van der Waals surface area contributed by atoms with Crippen LogP contribution in [0.25, 0.3) is 0 Å². The monoisotopic (exact) mass is 263 g/mol. The van der Waals surface area contributed by atoms with Gasteiger partial charge in [0.25, 0.3) is 0 Å². The fraction of sp³-hybridized carbons (Fsp3) is 0.812. The minimum atomic E-state index is 0.483. The van der Waals surface area contributed by atoms with Crippen LogP contribution in [-0.2, 0) is 6.42 Å².